The topological polar surface area (TPSA) is 133 Å². The number of benzene rings is 3. The molecule has 228 valence electrons. The average Bonchev–Trinajstić information content (AvgIpc) is 3.01. The van der Waals surface area contributed by atoms with Crippen LogP contribution in [0.2, 0.25) is 0 Å². The first-order valence-electron chi connectivity index (χ1n) is 14.3. The first kappa shape index (κ1) is 32.0. The van der Waals surface area contributed by atoms with Crippen molar-refractivity contribution in [2.45, 2.75) is 46.1 Å². The van der Waals surface area contributed by atoms with E-state index in [0.29, 0.717) is 33.4 Å². The van der Waals surface area contributed by atoms with Gasteiger partial charge in [0, 0.05) is 35.7 Å². The molecule has 0 fully saturated rings. The van der Waals surface area contributed by atoms with E-state index in [-0.39, 0.29) is 41.2 Å². The highest BCUT2D eigenvalue weighted by Crippen LogP contribution is 2.27. The number of likely N-dealkylation sites (N-methyl/N-ethyl adjacent to an activating group) is 1. The van der Waals surface area contributed by atoms with Crippen LogP contribution in [0.15, 0.2) is 65.5 Å². The molecule has 0 aliphatic rings. The van der Waals surface area contributed by atoms with Crippen molar-refractivity contribution in [3.05, 3.63) is 116 Å². The smallest absolute Gasteiger partial charge is 0.275 e. The Bertz CT molecular complexity index is 1780. The van der Waals surface area contributed by atoms with Crippen molar-refractivity contribution in [2.75, 3.05) is 19.4 Å². The van der Waals surface area contributed by atoms with Crippen LogP contribution in [0.25, 0.3) is 11.4 Å². The highest BCUT2D eigenvalue weighted by Gasteiger charge is 2.21. The first-order valence-corrected chi connectivity index (χ1v) is 14.3. The van der Waals surface area contributed by atoms with Gasteiger partial charge in [-0.1, -0.05) is 32.0 Å². The number of aromatic nitrogens is 2. The summed E-state index contributed by atoms with van der Waals surface area (Å²) in [6.07, 6.45) is 0.110. The van der Waals surface area contributed by atoms with Crippen molar-refractivity contribution in [3.63, 3.8) is 0 Å². The summed E-state index contributed by atoms with van der Waals surface area (Å²) in [5, 5.41) is 8.18. The van der Waals surface area contributed by atoms with Crippen LogP contribution in [-0.4, -0.2) is 47.7 Å². The lowest BCUT2D eigenvalue weighted by atomic mass is 9.92. The Morgan fingerprint density at radius 3 is 2.30 bits per heavy atom. The second kappa shape index (κ2) is 13.6. The van der Waals surface area contributed by atoms with Crippen molar-refractivity contribution < 1.29 is 18.8 Å². The minimum absolute atomic E-state index is 0.0117. The molecule has 1 atom stereocenters. The van der Waals surface area contributed by atoms with Gasteiger partial charge in [0.05, 0.1) is 11.7 Å². The molecule has 4 aromatic rings. The van der Waals surface area contributed by atoms with Gasteiger partial charge in [-0.15, -0.1) is 0 Å². The summed E-state index contributed by atoms with van der Waals surface area (Å²) in [7, 11) is 3.17. The summed E-state index contributed by atoms with van der Waals surface area (Å²) in [5.41, 5.74) is 3.65. The Hall–Kier alpha value is -4.96. The van der Waals surface area contributed by atoms with E-state index in [1.165, 1.54) is 31.3 Å². The van der Waals surface area contributed by atoms with Gasteiger partial charge in [0.25, 0.3) is 11.5 Å². The fourth-order valence-corrected chi connectivity index (χ4v) is 4.79. The zero-order valence-corrected chi connectivity index (χ0v) is 25.6. The summed E-state index contributed by atoms with van der Waals surface area (Å²) in [6, 6.07) is 15.4. The molecule has 0 saturated heterocycles. The van der Waals surface area contributed by atoms with Crippen LogP contribution >= 0.6 is 0 Å². The lowest BCUT2D eigenvalue weighted by Gasteiger charge is -2.17. The number of aromatic amines is 1. The molecule has 4 N–H and O–H groups in total. The summed E-state index contributed by atoms with van der Waals surface area (Å²) in [6.45, 7) is 7.44. The van der Waals surface area contributed by atoms with Crippen molar-refractivity contribution in [1.29, 1.82) is 0 Å². The molecule has 1 heterocycles. The quantitative estimate of drug-likeness (QED) is 0.195. The van der Waals surface area contributed by atoms with Gasteiger partial charge in [0.2, 0.25) is 5.91 Å². The summed E-state index contributed by atoms with van der Waals surface area (Å²) in [4.78, 5) is 59.8. The Kier molecular flexibility index (Phi) is 9.85. The predicted molar refractivity (Wildman–Crippen MR) is 169 cm³/mol. The van der Waals surface area contributed by atoms with E-state index in [4.69, 9.17) is 4.98 Å². The molecule has 0 aliphatic carbocycles. The first-order chi connectivity index (χ1) is 20.9. The van der Waals surface area contributed by atoms with E-state index in [9.17, 15) is 23.6 Å². The molecule has 2 amide bonds. The number of carbonyl (C=O) groups excluding carboxylic acids is 3. The van der Waals surface area contributed by atoms with E-state index in [0.717, 1.165) is 5.56 Å². The third-order valence-electron chi connectivity index (χ3n) is 7.55. The molecule has 44 heavy (non-hydrogen) atoms. The molecule has 0 radical (unpaired) electrons. The van der Waals surface area contributed by atoms with Gasteiger partial charge in [0.15, 0.2) is 5.78 Å². The molecule has 0 unspecified atom stereocenters. The van der Waals surface area contributed by atoms with Crippen LogP contribution in [-0.2, 0) is 11.2 Å². The van der Waals surface area contributed by atoms with Gasteiger partial charge in [0.1, 0.15) is 17.3 Å². The number of nitrogens with one attached hydrogen (secondary N) is 4. The van der Waals surface area contributed by atoms with Crippen LogP contribution in [0, 0.1) is 12.7 Å². The van der Waals surface area contributed by atoms with Crippen LogP contribution in [0.5, 0.6) is 0 Å². The lowest BCUT2D eigenvalue weighted by molar-refractivity contribution is -0.117. The number of hydrogen-bond donors (Lipinski definition) is 4. The van der Waals surface area contributed by atoms with Gasteiger partial charge in [-0.25, -0.2) is 9.37 Å². The third-order valence-corrected chi connectivity index (χ3v) is 7.55. The Balaban J connectivity index is 1.87. The number of ketones is 1. The van der Waals surface area contributed by atoms with Gasteiger partial charge in [-0.3, -0.25) is 19.2 Å². The summed E-state index contributed by atoms with van der Waals surface area (Å²) in [5.74, 6) is -1.10. The minimum atomic E-state index is -0.586. The molecular weight excluding hydrogens is 561 g/mol. The highest BCUT2D eigenvalue weighted by molar-refractivity contribution is 6.09. The number of H-pyrrole nitrogens is 1. The molecule has 1 aromatic heterocycles. The van der Waals surface area contributed by atoms with E-state index < -0.39 is 23.3 Å². The van der Waals surface area contributed by atoms with Gasteiger partial charge in [-0.2, -0.15) is 0 Å². The minimum Gasteiger partial charge on any atom is -0.355 e. The zero-order chi connectivity index (χ0) is 32.1. The zero-order valence-electron chi connectivity index (χ0n) is 25.6. The van der Waals surface area contributed by atoms with E-state index in [1.807, 2.05) is 19.9 Å². The van der Waals surface area contributed by atoms with Crippen molar-refractivity contribution in [3.8, 4) is 11.4 Å². The Morgan fingerprint density at radius 2 is 1.66 bits per heavy atom. The van der Waals surface area contributed by atoms with Gasteiger partial charge in [-0.05, 0) is 86.0 Å². The van der Waals surface area contributed by atoms with E-state index in [1.54, 1.807) is 51.2 Å². The maximum atomic E-state index is 13.5. The number of hydrogen-bond acceptors (Lipinski definition) is 6. The van der Waals surface area contributed by atoms with Gasteiger partial charge >= 0.3 is 0 Å². The molecule has 0 bridgehead atoms. The Morgan fingerprint density at radius 1 is 0.955 bits per heavy atom. The second-order valence-electron chi connectivity index (χ2n) is 10.9. The fourth-order valence-electron chi connectivity index (χ4n) is 4.79. The molecule has 0 aliphatic heterocycles. The normalized spacial score (nSPS) is 11.7. The molecule has 9 nitrogen and oxygen atoms in total. The maximum absolute atomic E-state index is 13.5. The van der Waals surface area contributed by atoms with E-state index in [2.05, 4.69) is 20.9 Å². The maximum Gasteiger partial charge on any atom is 0.275 e. The molecular formula is C34H36FN5O4. The molecule has 0 saturated carbocycles. The molecule has 4 rings (SSSR count). The second-order valence-corrected chi connectivity index (χ2v) is 10.9. The third kappa shape index (κ3) is 6.98. The molecule has 10 heteroatoms. The number of carbonyl (C=O) groups is 3. The lowest BCUT2D eigenvalue weighted by Crippen LogP contribution is -2.37. The standard InChI is InChI=1S/C34H36FN5O4/c1-18(2)23-14-21(15-24(17-23)30(41)22-10-12-25(35)13-11-22)16-28-29(39-32(42)20(4)36-5)34(44)40-31(38-28)26-8-7-9-27(19(26)3)33(43)37-6/h7-15,17-18,20,36H,16H2,1-6H3,(H,37,43)(H,39,42)(H,38,40,44)/t20-/m0/s1. The van der Waals surface area contributed by atoms with Crippen LogP contribution in [0.1, 0.15) is 75.4 Å². The van der Waals surface area contributed by atoms with Crippen molar-refractivity contribution >= 4 is 23.3 Å². The van der Waals surface area contributed by atoms with Crippen LogP contribution in [0.3, 0.4) is 0 Å². The van der Waals surface area contributed by atoms with Crippen LogP contribution < -0.4 is 21.5 Å². The SMILES string of the molecule is CNC(=O)c1cccc(-c2nc(Cc3cc(C(=O)c4ccc(F)cc4)cc(C(C)C)c3)c(NC(=O)[C@H](C)NC)c(=O)[nH]2)c1C. The van der Waals surface area contributed by atoms with E-state index >= 15 is 0 Å². The van der Waals surface area contributed by atoms with Crippen molar-refractivity contribution in [2.24, 2.45) is 0 Å². The summed E-state index contributed by atoms with van der Waals surface area (Å²) >= 11 is 0. The fraction of sp³-hybridized carbons (Fsp3) is 0.265. The number of anilines is 1. The van der Waals surface area contributed by atoms with Crippen molar-refractivity contribution in [1.82, 2.24) is 20.6 Å². The molecule has 0 spiro atoms. The number of halogens is 1. The van der Waals surface area contributed by atoms with Crippen LogP contribution in [0.4, 0.5) is 10.1 Å². The number of rotatable bonds is 10. The number of nitrogens with zero attached hydrogens (tertiary/aromatic N) is 1. The Labute approximate surface area is 255 Å². The highest BCUT2D eigenvalue weighted by atomic mass is 19.1. The average molecular weight is 598 g/mol. The monoisotopic (exact) mass is 597 g/mol. The largest absolute Gasteiger partial charge is 0.355 e. The van der Waals surface area contributed by atoms with Gasteiger partial charge < -0.3 is 20.9 Å². The number of amides is 2. The molecule has 3 aromatic carbocycles. The predicted octanol–water partition coefficient (Wildman–Crippen LogP) is 4.74. The summed E-state index contributed by atoms with van der Waals surface area (Å²) < 4.78 is 13.5.